The van der Waals surface area contributed by atoms with Crippen LogP contribution in [0.4, 0.5) is 5.82 Å². The maximum Gasteiger partial charge on any atom is 0.254 e. The molecule has 2 fully saturated rings. The number of aryl methyl sites for hydroxylation is 1. The number of hydrogen-bond acceptors (Lipinski definition) is 7. The van der Waals surface area contributed by atoms with Crippen molar-refractivity contribution in [1.82, 2.24) is 24.6 Å². The Morgan fingerprint density at radius 1 is 1.37 bits per heavy atom. The van der Waals surface area contributed by atoms with Gasteiger partial charge in [0.2, 0.25) is 0 Å². The van der Waals surface area contributed by atoms with E-state index in [1.165, 1.54) is 0 Å². The molecule has 0 saturated carbocycles. The van der Waals surface area contributed by atoms with Gasteiger partial charge in [0.1, 0.15) is 17.7 Å². The number of anilines is 1. The molecule has 1 spiro atoms. The van der Waals surface area contributed by atoms with Crippen LogP contribution >= 0.6 is 0 Å². The third kappa shape index (κ3) is 2.94. The van der Waals surface area contributed by atoms with Crippen molar-refractivity contribution in [1.29, 1.82) is 0 Å². The molecule has 0 bridgehead atoms. The summed E-state index contributed by atoms with van der Waals surface area (Å²) in [4.78, 5) is 15.0. The lowest BCUT2D eigenvalue weighted by molar-refractivity contribution is -0.0656. The standard InChI is InChI=1S/C19H22N6O2/c1-14-7-17(25-18(23-14)21-13-22-25)24-11-19(12-24)16(4-6-27-19)10-26-9-15-3-2-5-20-8-15/h2-3,5,7-8,13,16H,4,6,9-12H2,1H3/t16-/m1/s1. The predicted molar refractivity (Wildman–Crippen MR) is 98.4 cm³/mol. The predicted octanol–water partition coefficient (Wildman–Crippen LogP) is 1.64. The maximum atomic E-state index is 6.17. The average Bonchev–Trinajstić information content (AvgIpc) is 3.27. The molecule has 3 aromatic heterocycles. The summed E-state index contributed by atoms with van der Waals surface area (Å²) < 4.78 is 13.9. The molecule has 0 amide bonds. The summed E-state index contributed by atoms with van der Waals surface area (Å²) in [6, 6.07) is 6.02. The quantitative estimate of drug-likeness (QED) is 0.679. The Hall–Kier alpha value is -2.58. The highest BCUT2D eigenvalue weighted by Gasteiger charge is 2.53. The van der Waals surface area contributed by atoms with Crippen LogP contribution in [0.25, 0.3) is 5.78 Å². The molecule has 0 radical (unpaired) electrons. The largest absolute Gasteiger partial charge is 0.376 e. The molecule has 0 unspecified atom stereocenters. The molecule has 27 heavy (non-hydrogen) atoms. The zero-order valence-electron chi connectivity index (χ0n) is 15.3. The van der Waals surface area contributed by atoms with E-state index in [-0.39, 0.29) is 5.60 Å². The van der Waals surface area contributed by atoms with Crippen molar-refractivity contribution in [3.63, 3.8) is 0 Å². The van der Waals surface area contributed by atoms with Crippen LogP contribution in [0, 0.1) is 12.8 Å². The number of fused-ring (bicyclic) bond motifs is 1. The van der Waals surface area contributed by atoms with Crippen LogP contribution in [0.3, 0.4) is 0 Å². The highest BCUT2D eigenvalue weighted by Crippen LogP contribution is 2.42. The van der Waals surface area contributed by atoms with E-state index in [9.17, 15) is 0 Å². The Balaban J connectivity index is 1.25. The van der Waals surface area contributed by atoms with Crippen LogP contribution in [0.15, 0.2) is 36.9 Å². The maximum absolute atomic E-state index is 6.17. The topological polar surface area (TPSA) is 77.7 Å². The highest BCUT2D eigenvalue weighted by atomic mass is 16.5. The minimum atomic E-state index is -0.126. The first-order chi connectivity index (χ1) is 13.2. The second-order valence-electron chi connectivity index (χ2n) is 7.36. The smallest absolute Gasteiger partial charge is 0.254 e. The summed E-state index contributed by atoms with van der Waals surface area (Å²) in [7, 11) is 0. The van der Waals surface area contributed by atoms with E-state index in [0.29, 0.717) is 24.9 Å². The Bertz CT molecular complexity index is 938. The van der Waals surface area contributed by atoms with Crippen LogP contribution in [-0.2, 0) is 16.1 Å². The van der Waals surface area contributed by atoms with Gasteiger partial charge in [0.25, 0.3) is 5.78 Å². The highest BCUT2D eigenvalue weighted by molar-refractivity contribution is 5.51. The van der Waals surface area contributed by atoms with E-state index in [4.69, 9.17) is 9.47 Å². The second-order valence-corrected chi connectivity index (χ2v) is 7.36. The Morgan fingerprint density at radius 3 is 3.15 bits per heavy atom. The van der Waals surface area contributed by atoms with E-state index < -0.39 is 0 Å². The summed E-state index contributed by atoms with van der Waals surface area (Å²) in [6.45, 7) is 5.75. The molecule has 0 aromatic carbocycles. The molecule has 3 aromatic rings. The average molecular weight is 366 g/mol. The molecule has 8 heteroatoms. The van der Waals surface area contributed by atoms with Gasteiger partial charge in [0, 0.05) is 36.7 Å². The van der Waals surface area contributed by atoms with Gasteiger partial charge in [-0.25, -0.2) is 4.98 Å². The van der Waals surface area contributed by atoms with Crippen molar-refractivity contribution in [3.05, 3.63) is 48.2 Å². The fourth-order valence-corrected chi connectivity index (χ4v) is 4.07. The first kappa shape index (κ1) is 16.6. The van der Waals surface area contributed by atoms with Gasteiger partial charge in [0.15, 0.2) is 0 Å². The van der Waals surface area contributed by atoms with E-state index in [0.717, 1.165) is 43.2 Å². The van der Waals surface area contributed by atoms with Crippen LogP contribution in [0.2, 0.25) is 0 Å². The van der Waals surface area contributed by atoms with E-state index >= 15 is 0 Å². The van der Waals surface area contributed by atoms with Crippen LogP contribution in [0.5, 0.6) is 0 Å². The van der Waals surface area contributed by atoms with Crippen LogP contribution in [0.1, 0.15) is 17.7 Å². The van der Waals surface area contributed by atoms with Crippen molar-refractivity contribution >= 4 is 11.6 Å². The van der Waals surface area contributed by atoms with Crippen molar-refractivity contribution in [2.45, 2.75) is 25.6 Å². The van der Waals surface area contributed by atoms with Gasteiger partial charge in [-0.15, -0.1) is 0 Å². The number of ether oxygens (including phenoxy) is 2. The summed E-state index contributed by atoms with van der Waals surface area (Å²) in [5, 5.41) is 4.31. The molecule has 8 nitrogen and oxygen atoms in total. The number of pyridine rings is 1. The lowest BCUT2D eigenvalue weighted by Crippen LogP contribution is -2.66. The molecule has 2 saturated heterocycles. The first-order valence-corrected chi connectivity index (χ1v) is 9.26. The fraction of sp³-hybridized carbons (Fsp3) is 0.474. The lowest BCUT2D eigenvalue weighted by atomic mass is 9.81. The first-order valence-electron chi connectivity index (χ1n) is 9.26. The molecular weight excluding hydrogens is 344 g/mol. The second kappa shape index (κ2) is 6.54. The fourth-order valence-electron chi connectivity index (χ4n) is 4.07. The molecule has 2 aliphatic rings. The summed E-state index contributed by atoms with van der Waals surface area (Å²) in [5.74, 6) is 2.06. The van der Waals surface area contributed by atoms with Crippen molar-refractivity contribution < 1.29 is 9.47 Å². The van der Waals surface area contributed by atoms with Crippen molar-refractivity contribution in [2.75, 3.05) is 31.2 Å². The third-order valence-corrected chi connectivity index (χ3v) is 5.51. The number of nitrogens with zero attached hydrogens (tertiary/aromatic N) is 6. The van der Waals surface area contributed by atoms with Gasteiger partial charge in [-0.2, -0.15) is 14.6 Å². The van der Waals surface area contributed by atoms with Gasteiger partial charge in [0.05, 0.1) is 26.3 Å². The molecule has 0 aliphatic carbocycles. The van der Waals surface area contributed by atoms with Crippen molar-refractivity contribution in [3.8, 4) is 0 Å². The zero-order chi connectivity index (χ0) is 18.3. The summed E-state index contributed by atoms with van der Waals surface area (Å²) >= 11 is 0. The minimum Gasteiger partial charge on any atom is -0.376 e. The molecule has 2 aliphatic heterocycles. The Kier molecular flexibility index (Phi) is 4.02. The number of hydrogen-bond donors (Lipinski definition) is 0. The van der Waals surface area contributed by atoms with Crippen molar-refractivity contribution in [2.24, 2.45) is 5.92 Å². The normalized spacial score (nSPS) is 21.1. The van der Waals surface area contributed by atoms with Crippen LogP contribution in [-0.4, -0.2) is 56.5 Å². The van der Waals surface area contributed by atoms with Gasteiger partial charge in [-0.1, -0.05) is 6.07 Å². The Morgan fingerprint density at radius 2 is 2.30 bits per heavy atom. The Labute approximate surface area is 157 Å². The van der Waals surface area contributed by atoms with E-state index in [1.54, 1.807) is 17.0 Å². The molecule has 1 atom stereocenters. The SMILES string of the molecule is Cc1cc(N2CC3(C2)OCC[C@@H]3COCc2cccnc2)n2ncnc2n1. The van der Waals surface area contributed by atoms with E-state index in [2.05, 4.69) is 31.0 Å². The zero-order valence-corrected chi connectivity index (χ0v) is 15.3. The number of rotatable bonds is 5. The van der Waals surface area contributed by atoms with Gasteiger partial charge in [-0.3, -0.25) is 4.98 Å². The lowest BCUT2D eigenvalue weighted by Gasteiger charge is -2.51. The number of aromatic nitrogens is 5. The summed E-state index contributed by atoms with van der Waals surface area (Å²) in [6.07, 6.45) is 6.21. The van der Waals surface area contributed by atoms with Gasteiger partial charge in [-0.05, 0) is 25.0 Å². The third-order valence-electron chi connectivity index (χ3n) is 5.51. The van der Waals surface area contributed by atoms with Gasteiger partial charge >= 0.3 is 0 Å². The molecular formula is C19H22N6O2. The monoisotopic (exact) mass is 366 g/mol. The molecule has 5 heterocycles. The summed E-state index contributed by atoms with van der Waals surface area (Å²) in [5.41, 5.74) is 1.91. The van der Waals surface area contributed by atoms with E-state index in [1.807, 2.05) is 25.3 Å². The van der Waals surface area contributed by atoms with Crippen LogP contribution < -0.4 is 4.90 Å². The molecule has 140 valence electrons. The minimum absolute atomic E-state index is 0.126. The van der Waals surface area contributed by atoms with Gasteiger partial charge < -0.3 is 14.4 Å². The molecule has 5 rings (SSSR count). The molecule has 0 N–H and O–H groups in total.